The zero-order valence-electron chi connectivity index (χ0n) is 16.1. The summed E-state index contributed by atoms with van der Waals surface area (Å²) in [6.07, 6.45) is 0. The van der Waals surface area contributed by atoms with Gasteiger partial charge in [-0.15, -0.1) is 0 Å². The van der Waals surface area contributed by atoms with Crippen molar-refractivity contribution >= 4 is 23.2 Å². The van der Waals surface area contributed by atoms with Crippen LogP contribution in [0, 0.1) is 6.92 Å². The van der Waals surface area contributed by atoms with Gasteiger partial charge in [-0.3, -0.25) is 9.59 Å². The molecule has 0 atom stereocenters. The van der Waals surface area contributed by atoms with Crippen molar-refractivity contribution in [2.45, 2.75) is 54.0 Å². The number of hydrogen-bond donors (Lipinski definition) is 1. The zero-order chi connectivity index (χ0) is 18.5. The standard InChI is InChI=1S/C19H31N3O2/c1-8-21(9-2)15-11-12-16(14(4)13-15)20-17(23)18(24)22(10-3)19(5,6)7/h11-13H,8-10H2,1-7H3,(H,20,23). The second kappa shape index (κ2) is 8.18. The first-order valence-electron chi connectivity index (χ1n) is 8.64. The Morgan fingerprint density at radius 3 is 2.04 bits per heavy atom. The highest BCUT2D eigenvalue weighted by atomic mass is 16.2. The summed E-state index contributed by atoms with van der Waals surface area (Å²) in [5.74, 6) is -1.09. The Balaban J connectivity index is 2.93. The van der Waals surface area contributed by atoms with E-state index in [4.69, 9.17) is 0 Å². The number of benzene rings is 1. The van der Waals surface area contributed by atoms with E-state index in [1.165, 1.54) is 0 Å². The van der Waals surface area contributed by atoms with Gasteiger partial charge in [0.15, 0.2) is 0 Å². The summed E-state index contributed by atoms with van der Waals surface area (Å²) in [6, 6.07) is 5.87. The lowest BCUT2D eigenvalue weighted by atomic mass is 10.1. The minimum absolute atomic E-state index is 0.384. The molecule has 1 aromatic rings. The van der Waals surface area contributed by atoms with Crippen LogP contribution in [0.1, 0.15) is 47.1 Å². The van der Waals surface area contributed by atoms with Crippen molar-refractivity contribution in [2.24, 2.45) is 0 Å². The van der Waals surface area contributed by atoms with Crippen LogP contribution in [0.5, 0.6) is 0 Å². The van der Waals surface area contributed by atoms with Gasteiger partial charge in [0.25, 0.3) is 0 Å². The molecule has 24 heavy (non-hydrogen) atoms. The van der Waals surface area contributed by atoms with E-state index in [0.29, 0.717) is 12.2 Å². The molecule has 2 amide bonds. The monoisotopic (exact) mass is 333 g/mol. The van der Waals surface area contributed by atoms with E-state index in [-0.39, 0.29) is 5.54 Å². The second-order valence-electron chi connectivity index (χ2n) is 6.85. The molecule has 0 saturated heterocycles. The molecule has 0 heterocycles. The second-order valence-corrected chi connectivity index (χ2v) is 6.85. The van der Waals surface area contributed by atoms with E-state index in [0.717, 1.165) is 24.3 Å². The molecular weight excluding hydrogens is 302 g/mol. The van der Waals surface area contributed by atoms with Gasteiger partial charge >= 0.3 is 11.8 Å². The number of likely N-dealkylation sites (N-methyl/N-ethyl adjacent to an activating group) is 1. The molecule has 0 aliphatic carbocycles. The fourth-order valence-electron chi connectivity index (χ4n) is 2.79. The Labute approximate surface area is 146 Å². The maximum absolute atomic E-state index is 12.4. The molecule has 0 aliphatic heterocycles. The fourth-order valence-corrected chi connectivity index (χ4v) is 2.79. The molecule has 0 saturated carbocycles. The third-order valence-electron chi connectivity index (χ3n) is 4.15. The van der Waals surface area contributed by atoms with E-state index in [9.17, 15) is 9.59 Å². The minimum atomic E-state index is -0.592. The lowest BCUT2D eigenvalue weighted by Gasteiger charge is -2.34. The van der Waals surface area contributed by atoms with Gasteiger partial charge in [-0.2, -0.15) is 0 Å². The van der Waals surface area contributed by atoms with Gasteiger partial charge in [0, 0.05) is 36.5 Å². The third kappa shape index (κ3) is 4.73. The molecule has 1 N–H and O–H groups in total. The summed E-state index contributed by atoms with van der Waals surface area (Å²) in [4.78, 5) is 28.5. The predicted octanol–water partition coefficient (Wildman–Crippen LogP) is 3.43. The smallest absolute Gasteiger partial charge is 0.313 e. The zero-order valence-corrected chi connectivity index (χ0v) is 16.1. The lowest BCUT2D eigenvalue weighted by Crippen LogP contribution is -2.49. The maximum atomic E-state index is 12.4. The molecule has 5 nitrogen and oxygen atoms in total. The van der Waals surface area contributed by atoms with Gasteiger partial charge in [-0.05, 0) is 72.2 Å². The Morgan fingerprint density at radius 1 is 1.04 bits per heavy atom. The summed E-state index contributed by atoms with van der Waals surface area (Å²) < 4.78 is 0. The summed E-state index contributed by atoms with van der Waals surface area (Å²) in [7, 11) is 0. The van der Waals surface area contributed by atoms with E-state index >= 15 is 0 Å². The van der Waals surface area contributed by atoms with Crippen LogP contribution in [-0.4, -0.2) is 41.9 Å². The SMILES string of the molecule is CCN(CC)c1ccc(NC(=O)C(=O)N(CC)C(C)(C)C)c(C)c1. The normalized spacial score (nSPS) is 11.1. The van der Waals surface area contributed by atoms with Crippen molar-refractivity contribution in [1.29, 1.82) is 0 Å². The Kier molecular flexibility index (Phi) is 6.81. The van der Waals surface area contributed by atoms with Crippen molar-refractivity contribution in [3.8, 4) is 0 Å². The van der Waals surface area contributed by atoms with Crippen LogP contribution in [0.15, 0.2) is 18.2 Å². The molecule has 0 radical (unpaired) electrons. The minimum Gasteiger partial charge on any atom is -0.372 e. The number of nitrogens with one attached hydrogen (secondary N) is 1. The molecule has 0 unspecified atom stereocenters. The molecule has 0 aromatic heterocycles. The summed E-state index contributed by atoms with van der Waals surface area (Å²) in [5.41, 5.74) is 2.35. The van der Waals surface area contributed by atoms with Gasteiger partial charge in [-0.25, -0.2) is 0 Å². The lowest BCUT2D eigenvalue weighted by molar-refractivity contribution is -0.146. The molecule has 1 aromatic carbocycles. The van der Waals surface area contributed by atoms with Crippen LogP contribution >= 0.6 is 0 Å². The van der Waals surface area contributed by atoms with Crippen molar-refractivity contribution in [2.75, 3.05) is 29.9 Å². The average Bonchev–Trinajstić information content (AvgIpc) is 2.50. The number of rotatable bonds is 5. The van der Waals surface area contributed by atoms with Crippen LogP contribution in [0.4, 0.5) is 11.4 Å². The highest BCUT2D eigenvalue weighted by Gasteiger charge is 2.29. The average molecular weight is 333 g/mol. The quantitative estimate of drug-likeness (QED) is 0.840. The molecule has 0 fully saturated rings. The predicted molar refractivity (Wildman–Crippen MR) is 101 cm³/mol. The summed E-state index contributed by atoms with van der Waals surface area (Å²) in [6.45, 7) is 16.2. The van der Waals surface area contributed by atoms with Gasteiger partial charge in [0.05, 0.1) is 0 Å². The number of carbonyl (C=O) groups excluding carboxylic acids is 2. The van der Waals surface area contributed by atoms with Gasteiger partial charge < -0.3 is 15.1 Å². The molecule has 0 spiro atoms. The largest absolute Gasteiger partial charge is 0.372 e. The molecule has 134 valence electrons. The van der Waals surface area contributed by atoms with Gasteiger partial charge in [-0.1, -0.05) is 0 Å². The van der Waals surface area contributed by atoms with E-state index in [1.807, 2.05) is 52.8 Å². The highest BCUT2D eigenvalue weighted by Crippen LogP contribution is 2.23. The first-order valence-corrected chi connectivity index (χ1v) is 8.64. The first kappa shape index (κ1) is 20.0. The van der Waals surface area contributed by atoms with Crippen LogP contribution in [0.25, 0.3) is 0 Å². The molecular formula is C19H31N3O2. The number of carbonyl (C=O) groups is 2. The fraction of sp³-hybridized carbons (Fsp3) is 0.579. The molecule has 1 rings (SSSR count). The van der Waals surface area contributed by atoms with E-state index in [1.54, 1.807) is 4.90 Å². The Hall–Kier alpha value is -2.04. The topological polar surface area (TPSA) is 52.7 Å². The third-order valence-corrected chi connectivity index (χ3v) is 4.15. The van der Waals surface area contributed by atoms with Crippen molar-refractivity contribution in [1.82, 2.24) is 4.90 Å². The molecule has 0 bridgehead atoms. The molecule has 5 heteroatoms. The Morgan fingerprint density at radius 2 is 1.62 bits per heavy atom. The number of nitrogens with zero attached hydrogens (tertiary/aromatic N) is 2. The van der Waals surface area contributed by atoms with Crippen LogP contribution in [-0.2, 0) is 9.59 Å². The number of hydrogen-bond acceptors (Lipinski definition) is 3. The van der Waals surface area contributed by atoms with E-state index in [2.05, 4.69) is 24.1 Å². The first-order chi connectivity index (χ1) is 11.1. The van der Waals surface area contributed by atoms with Crippen LogP contribution < -0.4 is 10.2 Å². The van der Waals surface area contributed by atoms with Crippen LogP contribution in [0.3, 0.4) is 0 Å². The van der Waals surface area contributed by atoms with Crippen LogP contribution in [0.2, 0.25) is 0 Å². The van der Waals surface area contributed by atoms with Crippen molar-refractivity contribution in [3.05, 3.63) is 23.8 Å². The van der Waals surface area contributed by atoms with Crippen molar-refractivity contribution in [3.63, 3.8) is 0 Å². The number of aryl methyl sites for hydroxylation is 1. The van der Waals surface area contributed by atoms with Gasteiger partial charge in [0.2, 0.25) is 0 Å². The number of amides is 2. The number of anilines is 2. The van der Waals surface area contributed by atoms with Gasteiger partial charge in [0.1, 0.15) is 0 Å². The maximum Gasteiger partial charge on any atom is 0.313 e. The summed E-state index contributed by atoms with van der Waals surface area (Å²) in [5, 5.41) is 2.75. The van der Waals surface area contributed by atoms with E-state index < -0.39 is 11.8 Å². The summed E-state index contributed by atoms with van der Waals surface area (Å²) >= 11 is 0. The highest BCUT2D eigenvalue weighted by molar-refractivity contribution is 6.39. The molecule has 0 aliphatic rings. The Bertz CT molecular complexity index is 587. The van der Waals surface area contributed by atoms with Crippen molar-refractivity contribution < 1.29 is 9.59 Å².